The zero-order valence-corrected chi connectivity index (χ0v) is 13.5. The SMILES string of the molecule is CCCOc1ccc2sc3cc(C(=O)Cl)ccc3c(=O)c2c1. The van der Waals surface area contributed by atoms with E-state index in [0.717, 1.165) is 15.8 Å². The molecule has 3 nitrogen and oxygen atoms in total. The second kappa shape index (κ2) is 6.07. The minimum atomic E-state index is -0.523. The highest BCUT2D eigenvalue weighted by molar-refractivity contribution is 7.24. The molecule has 0 unspecified atom stereocenters. The Morgan fingerprint density at radius 3 is 2.68 bits per heavy atom. The van der Waals surface area contributed by atoms with E-state index in [4.69, 9.17) is 16.3 Å². The van der Waals surface area contributed by atoms with Crippen LogP contribution in [0.5, 0.6) is 5.75 Å². The van der Waals surface area contributed by atoms with Gasteiger partial charge in [0.15, 0.2) is 5.43 Å². The lowest BCUT2D eigenvalue weighted by Crippen LogP contribution is -2.03. The van der Waals surface area contributed by atoms with Gasteiger partial charge in [-0.15, -0.1) is 11.3 Å². The lowest BCUT2D eigenvalue weighted by Gasteiger charge is -2.06. The van der Waals surface area contributed by atoms with Gasteiger partial charge in [-0.05, 0) is 54.4 Å². The van der Waals surface area contributed by atoms with Crippen molar-refractivity contribution in [3.8, 4) is 5.75 Å². The summed E-state index contributed by atoms with van der Waals surface area (Å²) >= 11 is 6.97. The summed E-state index contributed by atoms with van der Waals surface area (Å²) in [7, 11) is 0. The number of carbonyl (C=O) groups is 1. The number of hydrogen-bond donors (Lipinski definition) is 0. The molecule has 0 radical (unpaired) electrons. The predicted molar refractivity (Wildman–Crippen MR) is 91.6 cm³/mol. The molecule has 0 aliphatic heterocycles. The maximum atomic E-state index is 12.6. The molecule has 3 aromatic rings. The molecule has 22 heavy (non-hydrogen) atoms. The minimum Gasteiger partial charge on any atom is -0.494 e. The average Bonchev–Trinajstić information content (AvgIpc) is 2.52. The molecule has 0 atom stereocenters. The molecule has 0 spiro atoms. The molecule has 0 saturated carbocycles. The second-order valence-electron chi connectivity index (χ2n) is 4.92. The third-order valence-corrected chi connectivity index (χ3v) is 4.69. The van der Waals surface area contributed by atoms with Gasteiger partial charge in [-0.2, -0.15) is 0 Å². The highest BCUT2D eigenvalue weighted by Gasteiger charge is 2.10. The quantitative estimate of drug-likeness (QED) is 0.518. The average molecular weight is 333 g/mol. The van der Waals surface area contributed by atoms with Gasteiger partial charge in [0.1, 0.15) is 5.75 Å². The van der Waals surface area contributed by atoms with Gasteiger partial charge in [-0.1, -0.05) is 6.92 Å². The summed E-state index contributed by atoms with van der Waals surface area (Å²) in [5, 5.41) is 0.702. The molecule has 0 aliphatic rings. The molecule has 1 aromatic heterocycles. The zero-order chi connectivity index (χ0) is 15.7. The van der Waals surface area contributed by atoms with Crippen LogP contribution in [0.2, 0.25) is 0 Å². The van der Waals surface area contributed by atoms with E-state index in [1.54, 1.807) is 24.3 Å². The van der Waals surface area contributed by atoms with Crippen LogP contribution in [-0.2, 0) is 0 Å². The molecule has 1 heterocycles. The Bertz CT molecular complexity index is 930. The number of carbonyl (C=O) groups excluding carboxylic acids is 1. The normalized spacial score (nSPS) is 11.0. The number of ether oxygens (including phenoxy) is 1. The van der Waals surface area contributed by atoms with E-state index in [0.29, 0.717) is 28.7 Å². The van der Waals surface area contributed by atoms with Crippen LogP contribution in [-0.4, -0.2) is 11.8 Å². The van der Waals surface area contributed by atoms with E-state index in [9.17, 15) is 9.59 Å². The van der Waals surface area contributed by atoms with Crippen LogP contribution in [0, 0.1) is 0 Å². The molecule has 0 bridgehead atoms. The maximum Gasteiger partial charge on any atom is 0.252 e. The monoisotopic (exact) mass is 332 g/mol. The first-order valence-corrected chi connectivity index (χ1v) is 8.13. The highest BCUT2D eigenvalue weighted by Crippen LogP contribution is 2.28. The molecular formula is C17H13ClO3S. The first-order chi connectivity index (χ1) is 10.6. The molecular weight excluding hydrogens is 320 g/mol. The first-order valence-electron chi connectivity index (χ1n) is 6.93. The van der Waals surface area contributed by atoms with Gasteiger partial charge in [-0.3, -0.25) is 9.59 Å². The number of fused-ring (bicyclic) bond motifs is 2. The van der Waals surface area contributed by atoms with Gasteiger partial charge in [0.05, 0.1) is 6.61 Å². The molecule has 5 heteroatoms. The van der Waals surface area contributed by atoms with Crippen molar-refractivity contribution in [2.45, 2.75) is 13.3 Å². The van der Waals surface area contributed by atoms with Crippen molar-refractivity contribution in [3.63, 3.8) is 0 Å². The van der Waals surface area contributed by atoms with E-state index in [-0.39, 0.29) is 5.43 Å². The molecule has 112 valence electrons. The van der Waals surface area contributed by atoms with E-state index < -0.39 is 5.24 Å². The Hall–Kier alpha value is -1.91. The number of hydrogen-bond acceptors (Lipinski definition) is 4. The Balaban J connectivity index is 2.22. The topological polar surface area (TPSA) is 43.4 Å². The van der Waals surface area contributed by atoms with Crippen LogP contribution < -0.4 is 10.2 Å². The van der Waals surface area contributed by atoms with Crippen molar-refractivity contribution in [1.82, 2.24) is 0 Å². The van der Waals surface area contributed by atoms with Gasteiger partial charge in [0.2, 0.25) is 0 Å². The fourth-order valence-corrected chi connectivity index (χ4v) is 3.47. The van der Waals surface area contributed by atoms with Crippen LogP contribution in [0.4, 0.5) is 0 Å². The van der Waals surface area contributed by atoms with E-state index >= 15 is 0 Å². The van der Waals surface area contributed by atoms with E-state index in [1.807, 2.05) is 19.1 Å². The van der Waals surface area contributed by atoms with Gasteiger partial charge >= 0.3 is 0 Å². The summed E-state index contributed by atoms with van der Waals surface area (Å²) in [6, 6.07) is 10.4. The molecule has 0 saturated heterocycles. The second-order valence-corrected chi connectivity index (χ2v) is 6.35. The highest BCUT2D eigenvalue weighted by atomic mass is 35.5. The van der Waals surface area contributed by atoms with E-state index in [2.05, 4.69) is 0 Å². The predicted octanol–water partition coefficient (Wildman–Crippen LogP) is 4.58. The lowest BCUT2D eigenvalue weighted by atomic mass is 10.1. The summed E-state index contributed by atoms with van der Waals surface area (Å²) in [4.78, 5) is 23.9. The maximum absolute atomic E-state index is 12.6. The van der Waals surface area contributed by atoms with Crippen LogP contribution in [0.3, 0.4) is 0 Å². The molecule has 0 aliphatic carbocycles. The van der Waals surface area contributed by atoms with Crippen molar-refractivity contribution in [1.29, 1.82) is 0 Å². The summed E-state index contributed by atoms with van der Waals surface area (Å²) in [6.45, 7) is 2.66. The van der Waals surface area contributed by atoms with E-state index in [1.165, 1.54) is 11.3 Å². The van der Waals surface area contributed by atoms with Crippen molar-refractivity contribution >= 4 is 48.4 Å². The summed E-state index contributed by atoms with van der Waals surface area (Å²) < 4.78 is 7.20. The van der Waals surface area contributed by atoms with Crippen LogP contribution in [0.25, 0.3) is 20.2 Å². The van der Waals surface area contributed by atoms with Gasteiger partial charge in [0.25, 0.3) is 5.24 Å². The number of benzene rings is 2. The fourth-order valence-electron chi connectivity index (χ4n) is 2.27. The van der Waals surface area contributed by atoms with Crippen LogP contribution in [0.1, 0.15) is 23.7 Å². The standard InChI is InChI=1S/C17H13ClO3S/c1-2-7-21-11-4-6-14-13(9-11)16(19)12-5-3-10(17(18)20)8-15(12)22-14/h3-6,8-9H,2,7H2,1H3. The fraction of sp³-hybridized carbons (Fsp3) is 0.176. The Labute approximate surface area is 136 Å². The summed E-state index contributed by atoms with van der Waals surface area (Å²) in [6.07, 6.45) is 0.915. The van der Waals surface area contributed by atoms with Crippen molar-refractivity contribution in [2.24, 2.45) is 0 Å². The van der Waals surface area contributed by atoms with Gasteiger partial charge in [0, 0.05) is 25.7 Å². The van der Waals surface area contributed by atoms with Crippen LogP contribution >= 0.6 is 22.9 Å². The Morgan fingerprint density at radius 1 is 1.14 bits per heavy atom. The minimum absolute atomic E-state index is 0.0562. The Kier molecular flexibility index (Phi) is 4.14. The number of rotatable bonds is 4. The molecule has 2 aromatic carbocycles. The van der Waals surface area contributed by atoms with Crippen molar-refractivity contribution in [3.05, 3.63) is 52.2 Å². The van der Waals surface area contributed by atoms with Crippen LogP contribution in [0.15, 0.2) is 41.2 Å². The number of halogens is 1. The zero-order valence-electron chi connectivity index (χ0n) is 11.9. The molecule has 0 N–H and O–H groups in total. The molecule has 0 fully saturated rings. The van der Waals surface area contributed by atoms with Crippen molar-refractivity contribution < 1.29 is 9.53 Å². The third-order valence-electron chi connectivity index (χ3n) is 3.34. The largest absolute Gasteiger partial charge is 0.494 e. The first kappa shape index (κ1) is 15.0. The molecule has 0 amide bonds. The molecule has 3 rings (SSSR count). The smallest absolute Gasteiger partial charge is 0.252 e. The Morgan fingerprint density at radius 2 is 1.95 bits per heavy atom. The third kappa shape index (κ3) is 2.72. The van der Waals surface area contributed by atoms with Gasteiger partial charge in [-0.25, -0.2) is 0 Å². The summed E-state index contributed by atoms with van der Waals surface area (Å²) in [5.74, 6) is 0.700. The van der Waals surface area contributed by atoms with Crippen molar-refractivity contribution in [2.75, 3.05) is 6.61 Å². The summed E-state index contributed by atoms with van der Waals surface area (Å²) in [5.41, 5.74) is 0.339. The lowest BCUT2D eigenvalue weighted by molar-refractivity contribution is 0.108. The van der Waals surface area contributed by atoms with Gasteiger partial charge < -0.3 is 4.74 Å².